The highest BCUT2D eigenvalue weighted by Gasteiger charge is 2.20. The van der Waals surface area contributed by atoms with Crippen LogP contribution in [0.4, 0.5) is 10.1 Å². The zero-order valence-corrected chi connectivity index (χ0v) is 16.5. The lowest BCUT2D eigenvalue weighted by Gasteiger charge is -2.12. The van der Waals surface area contributed by atoms with Gasteiger partial charge in [-0.05, 0) is 61.4 Å². The van der Waals surface area contributed by atoms with Crippen LogP contribution >= 0.6 is 0 Å². The molecule has 29 heavy (non-hydrogen) atoms. The summed E-state index contributed by atoms with van der Waals surface area (Å²) in [5.74, 6) is -0.912. The highest BCUT2D eigenvalue weighted by molar-refractivity contribution is 6.04. The van der Waals surface area contributed by atoms with E-state index in [0.29, 0.717) is 11.4 Å². The summed E-state index contributed by atoms with van der Waals surface area (Å²) in [5, 5.41) is 7.37. The number of hydrogen-bond acceptors (Lipinski definition) is 2. The van der Waals surface area contributed by atoms with Crippen LogP contribution in [0.2, 0.25) is 0 Å². The first-order chi connectivity index (χ1) is 13.9. The molecule has 6 heteroatoms. The standard InChI is InChI=1S/C23H21FN4O/c1-15-10-11-16(2)21(13-15)28-22(14-19(26-28)20-9-6-12-27(20)3)23(29)25-18-8-5-4-7-17(18)24/h4-14H,1-3H3,(H,25,29). The number of hydrogen-bond donors (Lipinski definition) is 1. The first-order valence-corrected chi connectivity index (χ1v) is 9.29. The SMILES string of the molecule is Cc1ccc(C)c(-n2nc(-c3cccn3C)cc2C(=O)Nc2ccccc2F)c1. The number of nitrogens with one attached hydrogen (secondary N) is 1. The number of aryl methyl sites for hydroxylation is 3. The van der Waals surface area contributed by atoms with E-state index >= 15 is 0 Å². The molecule has 0 bridgehead atoms. The molecule has 0 saturated carbocycles. The maximum absolute atomic E-state index is 14.0. The van der Waals surface area contributed by atoms with E-state index in [1.54, 1.807) is 22.9 Å². The number of carbonyl (C=O) groups is 1. The molecule has 1 N–H and O–H groups in total. The molecule has 0 spiro atoms. The van der Waals surface area contributed by atoms with Crippen molar-refractivity contribution in [2.24, 2.45) is 7.05 Å². The molecule has 1 amide bonds. The number of para-hydroxylation sites is 1. The van der Waals surface area contributed by atoms with Gasteiger partial charge in [0.1, 0.15) is 17.2 Å². The molecule has 146 valence electrons. The average Bonchev–Trinajstić information content (AvgIpc) is 3.31. The summed E-state index contributed by atoms with van der Waals surface area (Å²) in [6, 6.07) is 17.7. The van der Waals surface area contributed by atoms with Gasteiger partial charge >= 0.3 is 0 Å². The van der Waals surface area contributed by atoms with E-state index in [2.05, 4.69) is 5.32 Å². The second-order valence-electron chi connectivity index (χ2n) is 7.05. The minimum atomic E-state index is -0.485. The Labute approximate surface area is 168 Å². The average molecular weight is 388 g/mol. The summed E-state index contributed by atoms with van der Waals surface area (Å²) in [6.07, 6.45) is 1.92. The Bertz CT molecular complexity index is 1210. The number of rotatable bonds is 4. The topological polar surface area (TPSA) is 51.9 Å². The molecule has 0 fully saturated rings. The predicted octanol–water partition coefficient (Wildman–Crippen LogP) is 4.89. The second-order valence-corrected chi connectivity index (χ2v) is 7.05. The molecule has 0 aliphatic rings. The lowest BCUT2D eigenvalue weighted by molar-refractivity contribution is 0.101. The van der Waals surface area contributed by atoms with Gasteiger partial charge in [0.15, 0.2) is 0 Å². The van der Waals surface area contributed by atoms with Gasteiger partial charge in [0, 0.05) is 13.2 Å². The van der Waals surface area contributed by atoms with Crippen LogP contribution in [0.15, 0.2) is 66.9 Å². The third-order valence-corrected chi connectivity index (χ3v) is 4.86. The lowest BCUT2D eigenvalue weighted by Crippen LogP contribution is -2.18. The van der Waals surface area contributed by atoms with Crippen LogP contribution in [0.5, 0.6) is 0 Å². The van der Waals surface area contributed by atoms with Gasteiger partial charge in [0.25, 0.3) is 5.91 Å². The molecule has 4 aromatic rings. The number of anilines is 1. The van der Waals surface area contributed by atoms with Crippen LogP contribution in [-0.2, 0) is 7.05 Å². The van der Waals surface area contributed by atoms with Gasteiger partial charge in [0.2, 0.25) is 0 Å². The molecular formula is C23H21FN4O. The molecule has 2 aromatic heterocycles. The van der Waals surface area contributed by atoms with Crippen molar-refractivity contribution in [1.29, 1.82) is 0 Å². The van der Waals surface area contributed by atoms with E-state index in [9.17, 15) is 9.18 Å². The zero-order chi connectivity index (χ0) is 20.5. The van der Waals surface area contributed by atoms with Crippen LogP contribution < -0.4 is 5.32 Å². The minimum Gasteiger partial charge on any atom is -0.349 e. The fourth-order valence-electron chi connectivity index (χ4n) is 3.28. The van der Waals surface area contributed by atoms with Crippen LogP contribution in [-0.4, -0.2) is 20.3 Å². The van der Waals surface area contributed by atoms with Crippen molar-refractivity contribution in [3.8, 4) is 17.1 Å². The van der Waals surface area contributed by atoms with Crippen molar-refractivity contribution in [2.75, 3.05) is 5.32 Å². The molecule has 0 saturated heterocycles. The van der Waals surface area contributed by atoms with Gasteiger partial charge in [0.05, 0.1) is 17.1 Å². The van der Waals surface area contributed by atoms with Gasteiger partial charge in [-0.25, -0.2) is 9.07 Å². The van der Waals surface area contributed by atoms with Crippen molar-refractivity contribution >= 4 is 11.6 Å². The molecule has 4 rings (SSSR count). The summed E-state index contributed by atoms with van der Waals surface area (Å²) < 4.78 is 17.6. The number of carbonyl (C=O) groups excluding carboxylic acids is 1. The Balaban J connectivity index is 1.84. The maximum atomic E-state index is 14.0. The Morgan fingerprint density at radius 1 is 1.03 bits per heavy atom. The van der Waals surface area contributed by atoms with Crippen molar-refractivity contribution in [3.05, 3.63) is 89.5 Å². The van der Waals surface area contributed by atoms with E-state index < -0.39 is 11.7 Å². The summed E-state index contributed by atoms with van der Waals surface area (Å²) in [5.41, 5.74) is 4.86. The highest BCUT2D eigenvalue weighted by Crippen LogP contribution is 2.25. The normalized spacial score (nSPS) is 10.9. The molecular weight excluding hydrogens is 367 g/mol. The van der Waals surface area contributed by atoms with Gasteiger partial charge in [-0.15, -0.1) is 0 Å². The first-order valence-electron chi connectivity index (χ1n) is 9.29. The van der Waals surface area contributed by atoms with E-state index in [1.165, 1.54) is 12.1 Å². The van der Waals surface area contributed by atoms with E-state index in [0.717, 1.165) is 22.5 Å². The van der Waals surface area contributed by atoms with E-state index in [4.69, 9.17) is 5.10 Å². The van der Waals surface area contributed by atoms with E-state index in [1.807, 2.05) is 62.0 Å². The number of halogens is 1. The minimum absolute atomic E-state index is 0.131. The number of amides is 1. The summed E-state index contributed by atoms with van der Waals surface area (Å²) in [6.45, 7) is 3.96. The molecule has 2 heterocycles. The Hall–Kier alpha value is -3.67. The van der Waals surface area contributed by atoms with Crippen molar-refractivity contribution in [1.82, 2.24) is 14.3 Å². The van der Waals surface area contributed by atoms with E-state index in [-0.39, 0.29) is 5.69 Å². The van der Waals surface area contributed by atoms with Gasteiger partial charge in [-0.3, -0.25) is 4.79 Å². The van der Waals surface area contributed by atoms with Crippen LogP contribution in [0.25, 0.3) is 17.1 Å². The monoisotopic (exact) mass is 388 g/mol. The molecule has 2 aromatic carbocycles. The lowest BCUT2D eigenvalue weighted by atomic mass is 10.1. The third kappa shape index (κ3) is 3.57. The Morgan fingerprint density at radius 3 is 2.55 bits per heavy atom. The molecule has 0 radical (unpaired) electrons. The van der Waals surface area contributed by atoms with Crippen LogP contribution in [0.1, 0.15) is 21.6 Å². The number of aromatic nitrogens is 3. The predicted molar refractivity (Wildman–Crippen MR) is 112 cm³/mol. The summed E-state index contributed by atoms with van der Waals surface area (Å²) >= 11 is 0. The largest absolute Gasteiger partial charge is 0.349 e. The molecule has 0 aliphatic carbocycles. The quantitative estimate of drug-likeness (QED) is 0.541. The smallest absolute Gasteiger partial charge is 0.274 e. The number of benzene rings is 2. The zero-order valence-electron chi connectivity index (χ0n) is 16.5. The summed E-state index contributed by atoms with van der Waals surface area (Å²) in [7, 11) is 1.92. The van der Waals surface area contributed by atoms with Crippen molar-refractivity contribution in [3.63, 3.8) is 0 Å². The Kier molecular flexibility index (Phi) is 4.76. The van der Waals surface area contributed by atoms with Gasteiger partial charge in [-0.1, -0.05) is 24.3 Å². The fourth-order valence-corrected chi connectivity index (χ4v) is 3.28. The van der Waals surface area contributed by atoms with Crippen LogP contribution in [0, 0.1) is 19.7 Å². The molecule has 0 atom stereocenters. The Morgan fingerprint density at radius 2 is 1.83 bits per heavy atom. The van der Waals surface area contributed by atoms with Crippen LogP contribution in [0.3, 0.4) is 0 Å². The van der Waals surface area contributed by atoms with Crippen molar-refractivity contribution in [2.45, 2.75) is 13.8 Å². The number of nitrogens with zero attached hydrogens (tertiary/aromatic N) is 3. The fraction of sp³-hybridized carbons (Fsp3) is 0.130. The van der Waals surface area contributed by atoms with Gasteiger partial charge in [-0.2, -0.15) is 5.10 Å². The second kappa shape index (κ2) is 7.39. The van der Waals surface area contributed by atoms with Crippen molar-refractivity contribution < 1.29 is 9.18 Å². The van der Waals surface area contributed by atoms with Gasteiger partial charge < -0.3 is 9.88 Å². The third-order valence-electron chi connectivity index (χ3n) is 4.86. The molecule has 5 nitrogen and oxygen atoms in total. The maximum Gasteiger partial charge on any atom is 0.274 e. The molecule has 0 aliphatic heterocycles. The molecule has 0 unspecified atom stereocenters. The highest BCUT2D eigenvalue weighted by atomic mass is 19.1. The first kappa shape index (κ1) is 18.7. The summed E-state index contributed by atoms with van der Waals surface area (Å²) in [4.78, 5) is 13.1.